The molecule has 3 atom stereocenters. The SMILES string of the molecule is Cc1cn2c(CNC3CC4CCC3O4)c(C)nc2s1. The lowest BCUT2D eigenvalue weighted by atomic mass is 9.95. The third-order valence-electron chi connectivity index (χ3n) is 4.38. The maximum absolute atomic E-state index is 5.89. The van der Waals surface area contributed by atoms with E-state index in [-0.39, 0.29) is 0 Å². The van der Waals surface area contributed by atoms with E-state index < -0.39 is 0 Å². The molecule has 0 aromatic carbocycles. The molecule has 0 aliphatic carbocycles. The first-order valence-electron chi connectivity index (χ1n) is 7.03. The van der Waals surface area contributed by atoms with Gasteiger partial charge in [0.05, 0.1) is 23.6 Å². The molecular formula is C14H19N3OS. The van der Waals surface area contributed by atoms with Crippen molar-refractivity contribution in [2.24, 2.45) is 0 Å². The molecule has 0 amide bonds. The number of ether oxygens (including phenoxy) is 1. The van der Waals surface area contributed by atoms with Gasteiger partial charge in [-0.15, -0.1) is 11.3 Å². The molecule has 19 heavy (non-hydrogen) atoms. The Hall–Kier alpha value is -0.910. The van der Waals surface area contributed by atoms with Crippen LogP contribution >= 0.6 is 11.3 Å². The van der Waals surface area contributed by atoms with Gasteiger partial charge in [-0.05, 0) is 33.1 Å². The second kappa shape index (κ2) is 4.30. The Kier molecular flexibility index (Phi) is 2.69. The van der Waals surface area contributed by atoms with Gasteiger partial charge in [0.15, 0.2) is 4.96 Å². The van der Waals surface area contributed by atoms with Crippen molar-refractivity contribution in [3.63, 3.8) is 0 Å². The molecule has 1 N–H and O–H groups in total. The average Bonchev–Trinajstić information content (AvgIpc) is 3.08. The fourth-order valence-electron chi connectivity index (χ4n) is 3.40. The molecule has 4 rings (SSSR count). The summed E-state index contributed by atoms with van der Waals surface area (Å²) < 4.78 is 8.13. The van der Waals surface area contributed by atoms with E-state index in [0.717, 1.165) is 17.2 Å². The number of aromatic nitrogens is 2. The Morgan fingerprint density at radius 3 is 3.11 bits per heavy atom. The van der Waals surface area contributed by atoms with Crippen LogP contribution in [0.5, 0.6) is 0 Å². The molecule has 2 fully saturated rings. The lowest BCUT2D eigenvalue weighted by Gasteiger charge is -2.20. The zero-order valence-electron chi connectivity index (χ0n) is 11.3. The van der Waals surface area contributed by atoms with Gasteiger partial charge in [0, 0.05) is 23.7 Å². The summed E-state index contributed by atoms with van der Waals surface area (Å²) >= 11 is 1.76. The van der Waals surface area contributed by atoms with E-state index in [1.165, 1.54) is 29.8 Å². The van der Waals surface area contributed by atoms with Crippen molar-refractivity contribution < 1.29 is 4.74 Å². The van der Waals surface area contributed by atoms with Gasteiger partial charge in [0.2, 0.25) is 0 Å². The minimum atomic E-state index is 0.443. The first-order valence-corrected chi connectivity index (χ1v) is 7.85. The molecule has 5 heteroatoms. The van der Waals surface area contributed by atoms with Gasteiger partial charge in [-0.1, -0.05) is 0 Å². The van der Waals surface area contributed by atoms with Crippen LogP contribution in [0.25, 0.3) is 4.96 Å². The molecule has 3 unspecified atom stereocenters. The summed E-state index contributed by atoms with van der Waals surface area (Å²) in [7, 11) is 0. The Bertz CT molecular complexity index is 618. The topological polar surface area (TPSA) is 38.6 Å². The van der Waals surface area contributed by atoms with Gasteiger partial charge >= 0.3 is 0 Å². The second-order valence-electron chi connectivity index (χ2n) is 5.74. The quantitative estimate of drug-likeness (QED) is 0.936. The van der Waals surface area contributed by atoms with Crippen molar-refractivity contribution >= 4 is 16.3 Å². The number of thiazole rings is 1. The zero-order chi connectivity index (χ0) is 13.0. The lowest BCUT2D eigenvalue weighted by Crippen LogP contribution is -2.37. The molecule has 2 aromatic heterocycles. The molecular weight excluding hydrogens is 258 g/mol. The van der Waals surface area contributed by atoms with Crippen LogP contribution < -0.4 is 5.32 Å². The number of hydrogen-bond donors (Lipinski definition) is 1. The van der Waals surface area contributed by atoms with E-state index in [4.69, 9.17) is 4.74 Å². The molecule has 4 heterocycles. The maximum Gasteiger partial charge on any atom is 0.194 e. The van der Waals surface area contributed by atoms with Crippen molar-refractivity contribution in [2.45, 2.75) is 57.9 Å². The normalized spacial score (nSPS) is 29.7. The third-order valence-corrected chi connectivity index (χ3v) is 5.28. The first-order chi connectivity index (χ1) is 9.20. The van der Waals surface area contributed by atoms with Crippen LogP contribution in [0.15, 0.2) is 6.20 Å². The summed E-state index contributed by atoms with van der Waals surface area (Å²) in [6, 6.07) is 0.531. The van der Waals surface area contributed by atoms with Crippen LogP contribution in [0.4, 0.5) is 0 Å². The zero-order valence-corrected chi connectivity index (χ0v) is 12.2. The smallest absolute Gasteiger partial charge is 0.194 e. The molecule has 2 aliphatic rings. The van der Waals surface area contributed by atoms with Crippen molar-refractivity contribution in [1.82, 2.24) is 14.7 Å². The van der Waals surface area contributed by atoms with Crippen molar-refractivity contribution in [1.29, 1.82) is 0 Å². The highest BCUT2D eigenvalue weighted by molar-refractivity contribution is 7.17. The standard InChI is InChI=1S/C14H19N3OS/c1-8-7-17-12(9(2)16-14(17)19-8)6-15-11-5-10-3-4-13(11)18-10/h7,10-11,13,15H,3-6H2,1-2H3. The maximum atomic E-state index is 5.89. The number of imidazole rings is 1. The Labute approximate surface area is 116 Å². The second-order valence-corrected chi connectivity index (χ2v) is 6.95. The van der Waals surface area contributed by atoms with Crippen molar-refractivity contribution in [3.8, 4) is 0 Å². The van der Waals surface area contributed by atoms with Crippen molar-refractivity contribution in [3.05, 3.63) is 22.5 Å². The molecule has 2 saturated heterocycles. The minimum absolute atomic E-state index is 0.443. The Balaban J connectivity index is 1.53. The van der Waals surface area contributed by atoms with E-state index in [1.54, 1.807) is 11.3 Å². The number of fused-ring (bicyclic) bond motifs is 3. The van der Waals surface area contributed by atoms with Crippen LogP contribution in [0, 0.1) is 13.8 Å². The monoisotopic (exact) mass is 277 g/mol. The molecule has 0 saturated carbocycles. The number of hydrogen-bond acceptors (Lipinski definition) is 4. The van der Waals surface area contributed by atoms with Gasteiger partial charge in [0.1, 0.15) is 0 Å². The summed E-state index contributed by atoms with van der Waals surface area (Å²) in [5, 5.41) is 3.68. The van der Waals surface area contributed by atoms with Crippen LogP contribution in [0.2, 0.25) is 0 Å². The molecule has 4 nitrogen and oxygen atoms in total. The first kappa shape index (κ1) is 11.9. The highest BCUT2D eigenvalue weighted by atomic mass is 32.1. The highest BCUT2D eigenvalue weighted by Crippen LogP contribution is 2.34. The van der Waals surface area contributed by atoms with Crippen LogP contribution in [-0.4, -0.2) is 27.6 Å². The van der Waals surface area contributed by atoms with Gasteiger partial charge < -0.3 is 10.1 Å². The number of rotatable bonds is 3. The van der Waals surface area contributed by atoms with E-state index >= 15 is 0 Å². The fraction of sp³-hybridized carbons (Fsp3) is 0.643. The third kappa shape index (κ3) is 1.91. The summed E-state index contributed by atoms with van der Waals surface area (Å²) in [5.74, 6) is 0. The molecule has 0 spiro atoms. The predicted octanol–water partition coefficient (Wildman–Crippen LogP) is 2.42. The van der Waals surface area contributed by atoms with E-state index in [1.807, 2.05) is 0 Å². The molecule has 2 bridgehead atoms. The van der Waals surface area contributed by atoms with Crippen LogP contribution in [0.3, 0.4) is 0 Å². The molecule has 2 aromatic rings. The van der Waals surface area contributed by atoms with Crippen LogP contribution in [-0.2, 0) is 11.3 Å². The van der Waals surface area contributed by atoms with E-state index in [9.17, 15) is 0 Å². The van der Waals surface area contributed by atoms with Gasteiger partial charge in [-0.25, -0.2) is 4.98 Å². The summed E-state index contributed by atoms with van der Waals surface area (Å²) in [6.07, 6.45) is 6.79. The fourth-order valence-corrected chi connectivity index (χ4v) is 4.29. The minimum Gasteiger partial charge on any atom is -0.373 e. The Morgan fingerprint density at radius 1 is 1.47 bits per heavy atom. The molecule has 2 aliphatic heterocycles. The van der Waals surface area contributed by atoms with Crippen molar-refractivity contribution in [2.75, 3.05) is 0 Å². The summed E-state index contributed by atoms with van der Waals surface area (Å²) in [5.41, 5.74) is 2.44. The largest absolute Gasteiger partial charge is 0.373 e. The summed E-state index contributed by atoms with van der Waals surface area (Å²) in [4.78, 5) is 7.06. The lowest BCUT2D eigenvalue weighted by molar-refractivity contribution is 0.0972. The van der Waals surface area contributed by atoms with E-state index in [0.29, 0.717) is 18.2 Å². The molecule has 102 valence electrons. The number of aryl methyl sites for hydroxylation is 2. The van der Waals surface area contributed by atoms with Crippen LogP contribution in [0.1, 0.15) is 35.5 Å². The average molecular weight is 277 g/mol. The number of nitrogens with zero attached hydrogens (tertiary/aromatic N) is 2. The molecule has 0 radical (unpaired) electrons. The van der Waals surface area contributed by atoms with Gasteiger partial charge in [0.25, 0.3) is 0 Å². The predicted molar refractivity (Wildman–Crippen MR) is 75.7 cm³/mol. The Morgan fingerprint density at radius 2 is 2.37 bits per heavy atom. The number of nitrogens with one attached hydrogen (secondary N) is 1. The van der Waals surface area contributed by atoms with Gasteiger partial charge in [-0.2, -0.15) is 0 Å². The van der Waals surface area contributed by atoms with E-state index in [2.05, 4.69) is 34.7 Å². The van der Waals surface area contributed by atoms with Gasteiger partial charge in [-0.3, -0.25) is 4.40 Å². The summed E-state index contributed by atoms with van der Waals surface area (Å²) in [6.45, 7) is 5.12. The highest BCUT2D eigenvalue weighted by Gasteiger charge is 2.40.